The molecule has 5 nitrogen and oxygen atoms in total. The van der Waals surface area contributed by atoms with Crippen LogP contribution < -0.4 is 10.1 Å². The van der Waals surface area contributed by atoms with Crippen LogP contribution in [0.5, 0.6) is 5.75 Å². The molecule has 1 atom stereocenters. The molecule has 152 valence electrons. The van der Waals surface area contributed by atoms with Crippen LogP contribution in [0.15, 0.2) is 35.4 Å². The van der Waals surface area contributed by atoms with Crippen molar-refractivity contribution in [1.82, 2.24) is 4.98 Å². The molecule has 6 heteroatoms. The number of carbonyl (C=O) groups is 1. The lowest BCUT2D eigenvalue weighted by molar-refractivity contribution is -0.115. The van der Waals surface area contributed by atoms with Crippen LogP contribution in [0, 0.1) is 11.3 Å². The maximum atomic E-state index is 12.9. The number of carbonyl (C=O) groups excluding carboxylic acids is 1. The van der Waals surface area contributed by atoms with Crippen LogP contribution in [0.25, 0.3) is 0 Å². The van der Waals surface area contributed by atoms with Gasteiger partial charge < -0.3 is 10.1 Å². The number of thioether (sulfide) groups is 1. The van der Waals surface area contributed by atoms with Crippen molar-refractivity contribution < 1.29 is 9.53 Å². The second-order valence-electron chi connectivity index (χ2n) is 7.05. The number of fused-ring (bicyclic) bond motifs is 1. The van der Waals surface area contributed by atoms with Gasteiger partial charge in [0.2, 0.25) is 5.91 Å². The fourth-order valence-corrected chi connectivity index (χ4v) is 4.48. The number of nitrogens with one attached hydrogen (secondary N) is 1. The molecule has 1 aromatic heterocycles. The largest absolute Gasteiger partial charge is 0.492 e. The number of para-hydroxylation sites is 2. The molecule has 1 aliphatic carbocycles. The van der Waals surface area contributed by atoms with Gasteiger partial charge in [-0.05, 0) is 62.8 Å². The summed E-state index contributed by atoms with van der Waals surface area (Å²) in [6.07, 6.45) is 6.03. The molecule has 0 radical (unpaired) electrons. The maximum absolute atomic E-state index is 12.9. The summed E-state index contributed by atoms with van der Waals surface area (Å²) in [5.41, 5.74) is 3.50. The van der Waals surface area contributed by atoms with E-state index in [1.807, 2.05) is 44.2 Å². The van der Waals surface area contributed by atoms with Crippen LogP contribution in [-0.2, 0) is 17.6 Å². The van der Waals surface area contributed by atoms with Gasteiger partial charge in [0, 0.05) is 5.69 Å². The lowest BCUT2D eigenvalue weighted by atomic mass is 10.1. The number of ether oxygens (including phenoxy) is 1. The average Bonchev–Trinajstić information content (AvgIpc) is 2.97. The first kappa shape index (κ1) is 21.2. The van der Waals surface area contributed by atoms with Gasteiger partial charge in [-0.1, -0.05) is 37.2 Å². The first-order chi connectivity index (χ1) is 14.2. The third-order valence-electron chi connectivity index (χ3n) is 5.00. The standard InChI is InChI=1S/C23H27N3O2S/c1-3-21(22(27)25-19-12-8-9-13-20(19)28-4-2)29-23-17(15-24)14-16-10-6-5-7-11-18(16)26-23/h8-9,12-14,21H,3-7,10-11H2,1-2H3,(H,25,27). The molecule has 1 aliphatic rings. The smallest absolute Gasteiger partial charge is 0.238 e. The molecule has 0 aliphatic heterocycles. The Hall–Kier alpha value is -2.52. The Morgan fingerprint density at radius 2 is 2.07 bits per heavy atom. The third kappa shape index (κ3) is 5.30. The normalized spacial score (nSPS) is 14.2. The molecule has 1 N–H and O–H groups in total. The van der Waals surface area contributed by atoms with E-state index >= 15 is 0 Å². The lowest BCUT2D eigenvalue weighted by Gasteiger charge is -2.17. The molecule has 1 aromatic carbocycles. The first-order valence-corrected chi connectivity index (χ1v) is 11.2. The zero-order valence-electron chi connectivity index (χ0n) is 17.0. The summed E-state index contributed by atoms with van der Waals surface area (Å²) in [7, 11) is 0. The summed E-state index contributed by atoms with van der Waals surface area (Å²) in [5, 5.41) is 12.9. The van der Waals surface area contributed by atoms with E-state index in [9.17, 15) is 10.1 Å². The molecular formula is C23H27N3O2S. The van der Waals surface area contributed by atoms with Crippen molar-refractivity contribution in [3.05, 3.63) is 47.2 Å². The van der Waals surface area contributed by atoms with E-state index in [0.29, 0.717) is 35.1 Å². The van der Waals surface area contributed by atoms with Gasteiger partial charge in [0.25, 0.3) is 0 Å². The molecule has 1 amide bonds. The number of aromatic nitrogens is 1. The molecule has 0 bridgehead atoms. The van der Waals surface area contributed by atoms with E-state index in [0.717, 1.165) is 31.4 Å². The number of anilines is 1. The number of hydrogen-bond acceptors (Lipinski definition) is 5. The molecule has 29 heavy (non-hydrogen) atoms. The van der Waals surface area contributed by atoms with Gasteiger partial charge in [-0.2, -0.15) is 5.26 Å². The number of amides is 1. The van der Waals surface area contributed by atoms with Crippen LogP contribution in [0.1, 0.15) is 56.4 Å². The van der Waals surface area contributed by atoms with Gasteiger partial charge in [0.05, 0.1) is 23.1 Å². The van der Waals surface area contributed by atoms with E-state index in [-0.39, 0.29) is 11.2 Å². The molecule has 1 heterocycles. The van der Waals surface area contributed by atoms with Crippen molar-refractivity contribution in [3.63, 3.8) is 0 Å². The topological polar surface area (TPSA) is 75.0 Å². The van der Waals surface area contributed by atoms with Gasteiger partial charge in [-0.3, -0.25) is 4.79 Å². The summed E-state index contributed by atoms with van der Waals surface area (Å²) < 4.78 is 5.60. The predicted octanol–water partition coefficient (Wildman–Crippen LogP) is 5.13. The van der Waals surface area contributed by atoms with Crippen molar-refractivity contribution in [3.8, 4) is 11.8 Å². The Bertz CT molecular complexity index is 907. The van der Waals surface area contributed by atoms with Crippen molar-refractivity contribution >= 4 is 23.4 Å². The Labute approximate surface area is 176 Å². The van der Waals surface area contributed by atoms with Gasteiger partial charge >= 0.3 is 0 Å². The lowest BCUT2D eigenvalue weighted by Crippen LogP contribution is -2.25. The van der Waals surface area contributed by atoms with Gasteiger partial charge in [-0.25, -0.2) is 4.98 Å². The van der Waals surface area contributed by atoms with Gasteiger partial charge in [0.1, 0.15) is 16.8 Å². The summed E-state index contributed by atoms with van der Waals surface area (Å²) in [5.74, 6) is 0.550. The third-order valence-corrected chi connectivity index (χ3v) is 6.36. The minimum absolute atomic E-state index is 0.106. The molecule has 0 saturated heterocycles. The minimum Gasteiger partial charge on any atom is -0.492 e. The summed E-state index contributed by atoms with van der Waals surface area (Å²) in [6.45, 7) is 4.42. The average molecular weight is 410 g/mol. The molecule has 3 rings (SSSR count). The molecular weight excluding hydrogens is 382 g/mol. The van der Waals surface area contributed by atoms with Crippen molar-refractivity contribution in [2.75, 3.05) is 11.9 Å². The first-order valence-electron chi connectivity index (χ1n) is 10.3. The van der Waals surface area contributed by atoms with E-state index < -0.39 is 0 Å². The van der Waals surface area contributed by atoms with Crippen molar-refractivity contribution in [1.29, 1.82) is 5.26 Å². The van der Waals surface area contributed by atoms with Crippen LogP contribution in [0.2, 0.25) is 0 Å². The van der Waals surface area contributed by atoms with Gasteiger partial charge in [-0.15, -0.1) is 0 Å². The summed E-state index contributed by atoms with van der Waals surface area (Å²) in [4.78, 5) is 17.8. The quantitative estimate of drug-likeness (QED) is 0.507. The van der Waals surface area contributed by atoms with Gasteiger partial charge in [0.15, 0.2) is 0 Å². The predicted molar refractivity (Wildman–Crippen MR) is 116 cm³/mol. The fourth-order valence-electron chi connectivity index (χ4n) is 3.48. The van der Waals surface area contributed by atoms with Crippen LogP contribution in [0.3, 0.4) is 0 Å². The SMILES string of the molecule is CCOc1ccccc1NC(=O)C(CC)Sc1nc2c(cc1C#N)CCCCC2. The fraction of sp³-hybridized carbons (Fsp3) is 0.435. The highest BCUT2D eigenvalue weighted by Crippen LogP contribution is 2.32. The van der Waals surface area contributed by atoms with Crippen LogP contribution >= 0.6 is 11.8 Å². The number of nitriles is 1. The van der Waals surface area contributed by atoms with Crippen molar-refractivity contribution in [2.24, 2.45) is 0 Å². The van der Waals surface area contributed by atoms with E-state index in [1.165, 1.54) is 23.7 Å². The number of rotatable bonds is 7. The second kappa shape index (κ2) is 10.3. The molecule has 1 unspecified atom stereocenters. The molecule has 2 aromatic rings. The Morgan fingerprint density at radius 3 is 2.83 bits per heavy atom. The Morgan fingerprint density at radius 1 is 1.28 bits per heavy atom. The highest BCUT2D eigenvalue weighted by molar-refractivity contribution is 8.00. The highest BCUT2D eigenvalue weighted by atomic mass is 32.2. The molecule has 0 fully saturated rings. The molecule has 0 saturated carbocycles. The summed E-state index contributed by atoms with van der Waals surface area (Å²) in [6, 6.07) is 11.7. The minimum atomic E-state index is -0.340. The van der Waals surface area contributed by atoms with Crippen molar-refractivity contribution in [2.45, 2.75) is 62.6 Å². The maximum Gasteiger partial charge on any atom is 0.238 e. The van der Waals surface area contributed by atoms with Crippen LogP contribution in [-0.4, -0.2) is 22.7 Å². The summed E-state index contributed by atoms with van der Waals surface area (Å²) >= 11 is 1.38. The number of aryl methyl sites for hydroxylation is 2. The Balaban J connectivity index is 1.80. The number of nitrogens with zero attached hydrogens (tertiary/aromatic N) is 2. The highest BCUT2D eigenvalue weighted by Gasteiger charge is 2.23. The van der Waals surface area contributed by atoms with E-state index in [1.54, 1.807) is 0 Å². The molecule has 0 spiro atoms. The number of hydrogen-bond donors (Lipinski definition) is 1. The van der Waals surface area contributed by atoms with E-state index in [2.05, 4.69) is 11.4 Å². The number of pyridine rings is 1. The monoisotopic (exact) mass is 409 g/mol. The zero-order chi connectivity index (χ0) is 20.6. The van der Waals surface area contributed by atoms with Crippen LogP contribution in [0.4, 0.5) is 5.69 Å². The second-order valence-corrected chi connectivity index (χ2v) is 8.24. The zero-order valence-corrected chi connectivity index (χ0v) is 17.8. The van der Waals surface area contributed by atoms with E-state index in [4.69, 9.17) is 9.72 Å². The number of benzene rings is 1. The Kier molecular flexibility index (Phi) is 7.54.